The minimum atomic E-state index is -0.386. The Morgan fingerprint density at radius 3 is 2.35 bits per heavy atom. The Bertz CT molecular complexity index is 934. The van der Waals surface area contributed by atoms with Crippen LogP contribution in [0.15, 0.2) is 66.7 Å². The molecule has 3 rings (SSSR count). The fraction of sp³-hybridized carbons (Fsp3) is 0.182. The van der Waals surface area contributed by atoms with Crippen LogP contribution < -0.4 is 5.32 Å². The number of amides is 1. The highest BCUT2D eigenvalue weighted by molar-refractivity contribution is 5.98. The van der Waals surface area contributed by atoms with Crippen LogP contribution in [0.4, 0.5) is 4.39 Å². The van der Waals surface area contributed by atoms with Crippen molar-refractivity contribution in [3.8, 4) is 0 Å². The van der Waals surface area contributed by atoms with Crippen LogP contribution >= 0.6 is 0 Å². The molecular weight excluding hydrogens is 329 g/mol. The van der Waals surface area contributed by atoms with Gasteiger partial charge in [-0.2, -0.15) is 0 Å². The van der Waals surface area contributed by atoms with Crippen molar-refractivity contribution in [1.29, 1.82) is 0 Å². The lowest BCUT2D eigenvalue weighted by molar-refractivity contribution is -0.121. The Hall–Kier alpha value is -3.01. The summed E-state index contributed by atoms with van der Waals surface area (Å²) in [5.41, 5.74) is 1.43. The lowest BCUT2D eigenvalue weighted by Crippen LogP contribution is -2.26. The Morgan fingerprint density at radius 1 is 0.923 bits per heavy atom. The molecule has 3 aromatic carbocycles. The molecule has 0 bridgehead atoms. The van der Waals surface area contributed by atoms with E-state index in [2.05, 4.69) is 11.4 Å². The fourth-order valence-corrected chi connectivity index (χ4v) is 2.88. The highest BCUT2D eigenvalue weighted by Crippen LogP contribution is 2.20. The number of fused-ring (bicyclic) bond motifs is 1. The standard InChI is InChI=1S/C22H20FNO2/c1-15(18-7-6-16-4-2-3-5-19(16)14-18)24-22(26)13-12-21(25)17-8-10-20(23)11-9-17/h2-11,14-15H,12-13H2,1H3,(H,24,26). The van der Waals surface area contributed by atoms with Crippen molar-refractivity contribution < 1.29 is 14.0 Å². The fourth-order valence-electron chi connectivity index (χ4n) is 2.88. The predicted molar refractivity (Wildman–Crippen MR) is 100 cm³/mol. The molecule has 26 heavy (non-hydrogen) atoms. The first kappa shape index (κ1) is 17.8. The zero-order valence-corrected chi connectivity index (χ0v) is 14.5. The van der Waals surface area contributed by atoms with Gasteiger partial charge < -0.3 is 5.32 Å². The summed E-state index contributed by atoms with van der Waals surface area (Å²) in [4.78, 5) is 24.2. The number of carbonyl (C=O) groups excluding carboxylic acids is 2. The minimum absolute atomic E-state index is 0.0991. The van der Waals surface area contributed by atoms with Gasteiger partial charge in [0.25, 0.3) is 0 Å². The highest BCUT2D eigenvalue weighted by Gasteiger charge is 2.13. The summed E-state index contributed by atoms with van der Waals surface area (Å²) in [7, 11) is 0. The Balaban J connectivity index is 1.56. The van der Waals surface area contributed by atoms with Crippen LogP contribution in [0.3, 0.4) is 0 Å². The van der Waals surface area contributed by atoms with Crippen molar-refractivity contribution in [3.05, 3.63) is 83.7 Å². The van der Waals surface area contributed by atoms with Crippen LogP contribution in [0.2, 0.25) is 0 Å². The van der Waals surface area contributed by atoms with Crippen LogP contribution in [0.5, 0.6) is 0 Å². The second-order valence-electron chi connectivity index (χ2n) is 6.33. The van der Waals surface area contributed by atoms with Gasteiger partial charge >= 0.3 is 0 Å². The van der Waals surface area contributed by atoms with E-state index in [-0.39, 0.29) is 36.4 Å². The number of halogens is 1. The monoisotopic (exact) mass is 349 g/mol. The number of rotatable bonds is 6. The Morgan fingerprint density at radius 2 is 1.62 bits per heavy atom. The van der Waals surface area contributed by atoms with E-state index >= 15 is 0 Å². The number of hydrogen-bond donors (Lipinski definition) is 1. The summed E-state index contributed by atoms with van der Waals surface area (Å²) < 4.78 is 12.9. The molecule has 0 aromatic heterocycles. The second-order valence-corrected chi connectivity index (χ2v) is 6.33. The van der Waals surface area contributed by atoms with Crippen LogP contribution in [0.25, 0.3) is 10.8 Å². The van der Waals surface area contributed by atoms with Gasteiger partial charge in [0.15, 0.2) is 5.78 Å². The molecule has 0 aliphatic carbocycles. The molecule has 1 amide bonds. The van der Waals surface area contributed by atoms with Crippen LogP contribution in [0.1, 0.15) is 41.7 Å². The van der Waals surface area contributed by atoms with E-state index in [0.717, 1.165) is 16.3 Å². The van der Waals surface area contributed by atoms with Gasteiger partial charge in [-0.15, -0.1) is 0 Å². The van der Waals surface area contributed by atoms with Gasteiger partial charge in [0, 0.05) is 18.4 Å². The molecule has 1 atom stereocenters. The molecule has 0 spiro atoms. The van der Waals surface area contributed by atoms with Crippen molar-refractivity contribution in [2.45, 2.75) is 25.8 Å². The van der Waals surface area contributed by atoms with Crippen molar-refractivity contribution in [3.63, 3.8) is 0 Å². The Kier molecular flexibility index (Phi) is 5.42. The first-order valence-corrected chi connectivity index (χ1v) is 8.60. The zero-order chi connectivity index (χ0) is 18.5. The molecule has 0 radical (unpaired) electrons. The number of nitrogens with one attached hydrogen (secondary N) is 1. The van der Waals surface area contributed by atoms with E-state index in [1.54, 1.807) is 0 Å². The maximum atomic E-state index is 12.9. The topological polar surface area (TPSA) is 46.2 Å². The van der Waals surface area contributed by atoms with Gasteiger partial charge in [-0.3, -0.25) is 9.59 Å². The third kappa shape index (κ3) is 4.33. The number of benzene rings is 3. The third-order valence-corrected chi connectivity index (χ3v) is 4.40. The normalized spacial score (nSPS) is 11.9. The maximum Gasteiger partial charge on any atom is 0.220 e. The molecule has 3 aromatic rings. The van der Waals surface area contributed by atoms with Crippen molar-refractivity contribution >= 4 is 22.5 Å². The summed E-state index contributed by atoms with van der Waals surface area (Å²) in [6.07, 6.45) is 0.204. The average molecular weight is 349 g/mol. The molecule has 1 N–H and O–H groups in total. The van der Waals surface area contributed by atoms with Crippen molar-refractivity contribution in [1.82, 2.24) is 5.32 Å². The zero-order valence-electron chi connectivity index (χ0n) is 14.5. The summed E-state index contributed by atoms with van der Waals surface area (Å²) in [6.45, 7) is 1.92. The molecule has 4 heteroatoms. The smallest absolute Gasteiger partial charge is 0.220 e. The molecular formula is C22H20FNO2. The van der Waals surface area contributed by atoms with Crippen LogP contribution in [-0.4, -0.2) is 11.7 Å². The van der Waals surface area contributed by atoms with Crippen LogP contribution in [0, 0.1) is 5.82 Å². The Labute approximate surface area is 151 Å². The summed E-state index contributed by atoms with van der Waals surface area (Å²) >= 11 is 0. The molecule has 0 saturated carbocycles. The van der Waals surface area contributed by atoms with Gasteiger partial charge in [-0.1, -0.05) is 36.4 Å². The molecule has 0 heterocycles. The lowest BCUT2D eigenvalue weighted by atomic mass is 10.0. The van der Waals surface area contributed by atoms with E-state index in [1.807, 2.05) is 43.3 Å². The minimum Gasteiger partial charge on any atom is -0.350 e. The molecule has 0 saturated heterocycles. The SMILES string of the molecule is CC(NC(=O)CCC(=O)c1ccc(F)cc1)c1ccc2ccccc2c1. The van der Waals surface area contributed by atoms with E-state index in [4.69, 9.17) is 0 Å². The molecule has 3 nitrogen and oxygen atoms in total. The van der Waals surface area contributed by atoms with Gasteiger partial charge in [0.05, 0.1) is 6.04 Å². The van der Waals surface area contributed by atoms with Crippen molar-refractivity contribution in [2.24, 2.45) is 0 Å². The number of Topliss-reactive ketones (excluding diaryl/α,β-unsaturated/α-hetero) is 1. The molecule has 1 unspecified atom stereocenters. The predicted octanol–water partition coefficient (Wildman–Crippen LogP) is 4.82. The summed E-state index contributed by atoms with van der Waals surface area (Å²) in [5.74, 6) is -0.733. The number of carbonyl (C=O) groups is 2. The van der Waals surface area contributed by atoms with Gasteiger partial charge in [-0.05, 0) is 53.6 Å². The average Bonchev–Trinajstić information content (AvgIpc) is 2.66. The number of ketones is 1. The maximum absolute atomic E-state index is 12.9. The first-order chi connectivity index (χ1) is 12.5. The van der Waals surface area contributed by atoms with Gasteiger partial charge in [0.1, 0.15) is 5.82 Å². The quantitative estimate of drug-likeness (QED) is 0.649. The third-order valence-electron chi connectivity index (χ3n) is 4.40. The van der Waals surface area contributed by atoms with Crippen molar-refractivity contribution in [2.75, 3.05) is 0 Å². The van der Waals surface area contributed by atoms with E-state index in [0.29, 0.717) is 5.56 Å². The molecule has 132 valence electrons. The molecule has 0 aliphatic heterocycles. The van der Waals surface area contributed by atoms with E-state index in [1.165, 1.54) is 24.3 Å². The van der Waals surface area contributed by atoms with Gasteiger partial charge in [0.2, 0.25) is 5.91 Å². The number of hydrogen-bond acceptors (Lipinski definition) is 2. The van der Waals surface area contributed by atoms with Gasteiger partial charge in [-0.25, -0.2) is 4.39 Å². The van der Waals surface area contributed by atoms with Crippen LogP contribution in [-0.2, 0) is 4.79 Å². The largest absolute Gasteiger partial charge is 0.350 e. The lowest BCUT2D eigenvalue weighted by Gasteiger charge is -2.15. The summed E-state index contributed by atoms with van der Waals surface area (Å²) in [6, 6.07) is 19.4. The van der Waals surface area contributed by atoms with E-state index in [9.17, 15) is 14.0 Å². The second kappa shape index (κ2) is 7.91. The first-order valence-electron chi connectivity index (χ1n) is 8.60. The highest BCUT2D eigenvalue weighted by atomic mass is 19.1. The van der Waals surface area contributed by atoms with E-state index < -0.39 is 0 Å². The molecule has 0 fully saturated rings. The summed E-state index contributed by atoms with van der Waals surface area (Å²) in [5, 5.41) is 5.20. The molecule has 0 aliphatic rings.